The van der Waals surface area contributed by atoms with E-state index >= 15 is 0 Å². The average molecular weight is 287 g/mol. The SMILES string of the molecule is CC1(C)CCC(O)C(CN2CCc3ccccc3CC2)C1. The van der Waals surface area contributed by atoms with Crippen LogP contribution in [-0.2, 0) is 12.8 Å². The fourth-order valence-corrected chi connectivity index (χ4v) is 4.14. The summed E-state index contributed by atoms with van der Waals surface area (Å²) in [7, 11) is 0. The average Bonchev–Trinajstić information content (AvgIpc) is 2.66. The molecule has 2 nitrogen and oxygen atoms in total. The summed E-state index contributed by atoms with van der Waals surface area (Å²) in [6.45, 7) is 8.05. The molecule has 1 fully saturated rings. The fraction of sp³-hybridized carbons (Fsp3) is 0.684. The Bertz CT molecular complexity index is 455. The molecule has 1 heterocycles. The molecule has 0 amide bonds. The Morgan fingerprint density at radius 3 is 2.38 bits per heavy atom. The van der Waals surface area contributed by atoms with Crippen molar-refractivity contribution in [2.45, 2.75) is 52.1 Å². The number of benzene rings is 1. The lowest BCUT2D eigenvalue weighted by atomic mass is 9.70. The van der Waals surface area contributed by atoms with E-state index in [4.69, 9.17) is 0 Å². The van der Waals surface area contributed by atoms with Crippen molar-refractivity contribution in [3.05, 3.63) is 35.4 Å². The van der Waals surface area contributed by atoms with Crippen LogP contribution in [0.5, 0.6) is 0 Å². The molecule has 1 aliphatic carbocycles. The summed E-state index contributed by atoms with van der Waals surface area (Å²) >= 11 is 0. The zero-order valence-corrected chi connectivity index (χ0v) is 13.5. The minimum Gasteiger partial charge on any atom is -0.393 e. The smallest absolute Gasteiger partial charge is 0.0581 e. The third-order valence-corrected chi connectivity index (χ3v) is 5.48. The van der Waals surface area contributed by atoms with Crippen LogP contribution >= 0.6 is 0 Å². The first kappa shape index (κ1) is 15.1. The maximum absolute atomic E-state index is 10.3. The lowest BCUT2D eigenvalue weighted by molar-refractivity contribution is 0.00478. The van der Waals surface area contributed by atoms with Crippen molar-refractivity contribution >= 4 is 0 Å². The predicted octanol–water partition coefficient (Wildman–Crippen LogP) is 3.27. The molecule has 1 aromatic carbocycles. The molecule has 2 aliphatic rings. The highest BCUT2D eigenvalue weighted by molar-refractivity contribution is 5.28. The van der Waals surface area contributed by atoms with Gasteiger partial charge >= 0.3 is 0 Å². The standard InChI is InChI=1S/C19H29NO/c1-19(2)10-7-18(21)17(13-19)14-20-11-8-15-5-3-4-6-16(15)9-12-20/h3-6,17-18,21H,7-14H2,1-2H3. The third kappa shape index (κ3) is 3.67. The third-order valence-electron chi connectivity index (χ3n) is 5.48. The van der Waals surface area contributed by atoms with Gasteiger partial charge < -0.3 is 10.0 Å². The molecule has 0 aromatic heterocycles. The van der Waals surface area contributed by atoms with Gasteiger partial charge in [0.2, 0.25) is 0 Å². The fourth-order valence-electron chi connectivity index (χ4n) is 4.14. The topological polar surface area (TPSA) is 23.5 Å². The van der Waals surface area contributed by atoms with Crippen LogP contribution in [0.2, 0.25) is 0 Å². The molecule has 116 valence electrons. The van der Waals surface area contributed by atoms with Crippen molar-refractivity contribution in [1.82, 2.24) is 4.90 Å². The molecule has 0 spiro atoms. The number of rotatable bonds is 2. The van der Waals surface area contributed by atoms with Gasteiger partial charge in [0.25, 0.3) is 0 Å². The van der Waals surface area contributed by atoms with E-state index in [2.05, 4.69) is 43.0 Å². The van der Waals surface area contributed by atoms with E-state index in [1.807, 2.05) is 0 Å². The molecule has 1 N–H and O–H groups in total. The van der Waals surface area contributed by atoms with Gasteiger partial charge in [0, 0.05) is 19.6 Å². The van der Waals surface area contributed by atoms with E-state index in [0.29, 0.717) is 11.3 Å². The molecular weight excluding hydrogens is 258 g/mol. The highest BCUT2D eigenvalue weighted by Gasteiger charge is 2.34. The molecule has 1 saturated carbocycles. The van der Waals surface area contributed by atoms with Gasteiger partial charge in [-0.05, 0) is 54.6 Å². The summed E-state index contributed by atoms with van der Waals surface area (Å²) in [4.78, 5) is 2.58. The molecular formula is C19H29NO. The second-order valence-corrected chi connectivity index (χ2v) is 7.80. The number of aliphatic hydroxyl groups excluding tert-OH is 1. The van der Waals surface area contributed by atoms with Crippen molar-refractivity contribution in [2.24, 2.45) is 11.3 Å². The van der Waals surface area contributed by atoms with Crippen LogP contribution in [0.3, 0.4) is 0 Å². The van der Waals surface area contributed by atoms with Crippen molar-refractivity contribution < 1.29 is 5.11 Å². The zero-order chi connectivity index (χ0) is 14.9. The Morgan fingerprint density at radius 2 is 1.76 bits per heavy atom. The second kappa shape index (κ2) is 6.10. The molecule has 0 bridgehead atoms. The van der Waals surface area contributed by atoms with Crippen molar-refractivity contribution in [3.63, 3.8) is 0 Å². The van der Waals surface area contributed by atoms with Gasteiger partial charge in [-0.25, -0.2) is 0 Å². The summed E-state index contributed by atoms with van der Waals surface area (Å²) in [5.41, 5.74) is 3.44. The first-order valence-corrected chi connectivity index (χ1v) is 8.51. The minimum atomic E-state index is -0.0938. The molecule has 0 radical (unpaired) electrons. The molecule has 21 heavy (non-hydrogen) atoms. The van der Waals surface area contributed by atoms with Gasteiger partial charge in [0.15, 0.2) is 0 Å². The van der Waals surface area contributed by atoms with E-state index in [-0.39, 0.29) is 6.10 Å². The largest absolute Gasteiger partial charge is 0.393 e. The van der Waals surface area contributed by atoms with E-state index in [0.717, 1.165) is 51.7 Å². The Balaban J connectivity index is 1.61. The van der Waals surface area contributed by atoms with Crippen LogP contribution in [0.25, 0.3) is 0 Å². The molecule has 2 unspecified atom stereocenters. The van der Waals surface area contributed by atoms with Gasteiger partial charge in [0.05, 0.1) is 6.10 Å². The van der Waals surface area contributed by atoms with Crippen molar-refractivity contribution in [2.75, 3.05) is 19.6 Å². The van der Waals surface area contributed by atoms with Crippen LogP contribution in [0.1, 0.15) is 44.2 Å². The lowest BCUT2D eigenvalue weighted by Gasteiger charge is -2.40. The van der Waals surface area contributed by atoms with E-state index in [9.17, 15) is 5.11 Å². The number of hydrogen-bond acceptors (Lipinski definition) is 2. The molecule has 1 aromatic rings. The van der Waals surface area contributed by atoms with Crippen LogP contribution in [0.15, 0.2) is 24.3 Å². The second-order valence-electron chi connectivity index (χ2n) is 7.80. The molecule has 1 aliphatic heterocycles. The van der Waals surface area contributed by atoms with Crippen LogP contribution < -0.4 is 0 Å². The Hall–Kier alpha value is -0.860. The van der Waals surface area contributed by atoms with E-state index in [1.54, 1.807) is 0 Å². The molecule has 0 saturated heterocycles. The minimum absolute atomic E-state index is 0.0938. The number of fused-ring (bicyclic) bond motifs is 1. The molecule has 2 heteroatoms. The normalized spacial score (nSPS) is 29.7. The summed E-state index contributed by atoms with van der Waals surface area (Å²) in [5, 5.41) is 10.3. The lowest BCUT2D eigenvalue weighted by Crippen LogP contribution is -2.42. The van der Waals surface area contributed by atoms with Gasteiger partial charge in [0.1, 0.15) is 0 Å². The Morgan fingerprint density at radius 1 is 1.14 bits per heavy atom. The van der Waals surface area contributed by atoms with Crippen LogP contribution in [0.4, 0.5) is 0 Å². The summed E-state index contributed by atoms with van der Waals surface area (Å²) in [5.74, 6) is 0.454. The summed E-state index contributed by atoms with van der Waals surface area (Å²) < 4.78 is 0. The zero-order valence-electron chi connectivity index (χ0n) is 13.5. The van der Waals surface area contributed by atoms with Gasteiger partial charge in [-0.2, -0.15) is 0 Å². The van der Waals surface area contributed by atoms with Gasteiger partial charge in [-0.15, -0.1) is 0 Å². The number of hydrogen-bond donors (Lipinski definition) is 1. The first-order valence-electron chi connectivity index (χ1n) is 8.51. The Kier molecular flexibility index (Phi) is 4.37. The van der Waals surface area contributed by atoms with E-state index in [1.165, 1.54) is 11.1 Å². The molecule has 3 rings (SSSR count). The number of nitrogens with zero attached hydrogens (tertiary/aromatic N) is 1. The molecule has 2 atom stereocenters. The van der Waals surface area contributed by atoms with Crippen molar-refractivity contribution in [3.8, 4) is 0 Å². The number of aliphatic hydroxyl groups is 1. The van der Waals surface area contributed by atoms with Gasteiger partial charge in [-0.1, -0.05) is 38.1 Å². The van der Waals surface area contributed by atoms with E-state index < -0.39 is 0 Å². The maximum Gasteiger partial charge on any atom is 0.0581 e. The predicted molar refractivity (Wildman–Crippen MR) is 87.4 cm³/mol. The first-order chi connectivity index (χ1) is 10.0. The van der Waals surface area contributed by atoms with Crippen molar-refractivity contribution in [1.29, 1.82) is 0 Å². The van der Waals surface area contributed by atoms with Crippen LogP contribution in [0, 0.1) is 11.3 Å². The monoisotopic (exact) mass is 287 g/mol. The summed E-state index contributed by atoms with van der Waals surface area (Å²) in [6.07, 6.45) is 5.52. The quantitative estimate of drug-likeness (QED) is 0.902. The highest BCUT2D eigenvalue weighted by atomic mass is 16.3. The van der Waals surface area contributed by atoms with Crippen LogP contribution in [-0.4, -0.2) is 35.7 Å². The highest BCUT2D eigenvalue weighted by Crippen LogP contribution is 2.39. The maximum atomic E-state index is 10.3. The van der Waals surface area contributed by atoms with Gasteiger partial charge in [-0.3, -0.25) is 0 Å². The Labute approximate surface area is 129 Å². The summed E-state index contributed by atoms with van der Waals surface area (Å²) in [6, 6.07) is 8.86.